The maximum Gasteiger partial charge on any atom is 0.282 e. The SMILES string of the molecule is O=C(Nc1cc(C(=O)Nc2ccccc2)c(O)c2ccccc12)c1ccccc1[N+](=O)[O-]. The Kier molecular flexibility index (Phi) is 5.50. The topological polar surface area (TPSA) is 122 Å². The van der Waals surface area contributed by atoms with E-state index < -0.39 is 16.7 Å². The molecule has 4 aromatic rings. The third-order valence-corrected chi connectivity index (χ3v) is 4.89. The van der Waals surface area contributed by atoms with Crippen LogP contribution in [0.15, 0.2) is 84.9 Å². The number of anilines is 2. The van der Waals surface area contributed by atoms with Crippen LogP contribution >= 0.6 is 0 Å². The lowest BCUT2D eigenvalue weighted by molar-refractivity contribution is -0.385. The number of amides is 2. The Morgan fingerprint density at radius 1 is 0.750 bits per heavy atom. The molecule has 0 saturated heterocycles. The fourth-order valence-electron chi connectivity index (χ4n) is 3.37. The standard InChI is InChI=1S/C24H17N3O5/c28-22-17-11-5-4-10-16(17)20(14-19(22)24(30)25-15-8-2-1-3-9-15)26-23(29)18-12-6-7-13-21(18)27(31)32/h1-14,28H,(H,25,30)(H,26,29). The van der Waals surface area contributed by atoms with Crippen LogP contribution in [0.3, 0.4) is 0 Å². The zero-order valence-electron chi connectivity index (χ0n) is 16.6. The first-order chi connectivity index (χ1) is 15.5. The highest BCUT2D eigenvalue weighted by molar-refractivity contribution is 6.16. The number of carbonyl (C=O) groups excluding carboxylic acids is 2. The number of fused-ring (bicyclic) bond motifs is 1. The molecule has 0 aliphatic carbocycles. The van der Waals surface area contributed by atoms with E-state index in [1.165, 1.54) is 30.3 Å². The van der Waals surface area contributed by atoms with Crippen LogP contribution < -0.4 is 10.6 Å². The highest BCUT2D eigenvalue weighted by Crippen LogP contribution is 2.35. The van der Waals surface area contributed by atoms with Gasteiger partial charge in [0, 0.05) is 28.2 Å². The Bertz CT molecular complexity index is 1350. The lowest BCUT2D eigenvalue weighted by Gasteiger charge is -2.14. The minimum absolute atomic E-state index is 0.0505. The van der Waals surface area contributed by atoms with Crippen LogP contribution in [0.1, 0.15) is 20.7 Å². The van der Waals surface area contributed by atoms with Crippen molar-refractivity contribution < 1.29 is 19.6 Å². The molecule has 0 aliphatic heterocycles. The molecule has 158 valence electrons. The Morgan fingerprint density at radius 2 is 1.34 bits per heavy atom. The maximum atomic E-state index is 12.9. The zero-order chi connectivity index (χ0) is 22.7. The zero-order valence-corrected chi connectivity index (χ0v) is 16.6. The predicted octanol–water partition coefficient (Wildman–Crippen LogP) is 4.96. The second-order valence-corrected chi connectivity index (χ2v) is 6.91. The largest absolute Gasteiger partial charge is 0.506 e. The number of aromatic hydroxyl groups is 1. The molecule has 8 nitrogen and oxygen atoms in total. The molecule has 0 heterocycles. The van der Waals surface area contributed by atoms with Crippen molar-refractivity contribution >= 4 is 39.6 Å². The lowest BCUT2D eigenvalue weighted by Crippen LogP contribution is -2.16. The average molecular weight is 427 g/mol. The van der Waals surface area contributed by atoms with Gasteiger partial charge in [-0.2, -0.15) is 0 Å². The molecule has 8 heteroatoms. The van der Waals surface area contributed by atoms with Gasteiger partial charge in [0.25, 0.3) is 17.5 Å². The fourth-order valence-corrected chi connectivity index (χ4v) is 3.37. The summed E-state index contributed by atoms with van der Waals surface area (Å²) < 4.78 is 0. The average Bonchev–Trinajstić information content (AvgIpc) is 2.81. The number of carbonyl (C=O) groups is 2. The highest BCUT2D eigenvalue weighted by atomic mass is 16.6. The van der Waals surface area contributed by atoms with Gasteiger partial charge in [-0.3, -0.25) is 19.7 Å². The van der Waals surface area contributed by atoms with Gasteiger partial charge in [-0.05, 0) is 24.3 Å². The van der Waals surface area contributed by atoms with Gasteiger partial charge in [0.15, 0.2) is 0 Å². The second kappa shape index (κ2) is 8.57. The summed E-state index contributed by atoms with van der Waals surface area (Å²) in [6.07, 6.45) is 0. The molecule has 2 amide bonds. The van der Waals surface area contributed by atoms with E-state index in [1.807, 2.05) is 0 Å². The number of nitrogens with one attached hydrogen (secondary N) is 2. The van der Waals surface area contributed by atoms with Crippen LogP contribution in [-0.4, -0.2) is 21.8 Å². The van der Waals surface area contributed by atoms with Crippen molar-refractivity contribution in [3.63, 3.8) is 0 Å². The van der Waals surface area contributed by atoms with E-state index in [4.69, 9.17) is 0 Å². The summed E-state index contributed by atoms with van der Waals surface area (Å²) in [5.74, 6) is -1.51. The first-order valence-corrected chi connectivity index (χ1v) is 9.61. The van der Waals surface area contributed by atoms with Crippen LogP contribution in [0.5, 0.6) is 5.75 Å². The summed E-state index contributed by atoms with van der Waals surface area (Å²) >= 11 is 0. The summed E-state index contributed by atoms with van der Waals surface area (Å²) in [4.78, 5) is 36.4. The number of hydrogen-bond donors (Lipinski definition) is 3. The van der Waals surface area contributed by atoms with Crippen molar-refractivity contribution in [1.82, 2.24) is 0 Å². The molecular weight excluding hydrogens is 410 g/mol. The van der Waals surface area contributed by atoms with Crippen molar-refractivity contribution in [3.8, 4) is 5.75 Å². The first kappa shape index (κ1) is 20.5. The maximum absolute atomic E-state index is 12.9. The van der Waals surface area contributed by atoms with Crippen molar-refractivity contribution in [2.24, 2.45) is 0 Å². The fraction of sp³-hybridized carbons (Fsp3) is 0. The minimum atomic E-state index is -0.706. The molecule has 0 fully saturated rings. The third-order valence-electron chi connectivity index (χ3n) is 4.89. The summed E-state index contributed by atoms with van der Waals surface area (Å²) in [6.45, 7) is 0. The Hall–Kier alpha value is -4.72. The van der Waals surface area contributed by atoms with Gasteiger partial charge in [0.05, 0.1) is 10.5 Å². The molecule has 0 radical (unpaired) electrons. The molecule has 32 heavy (non-hydrogen) atoms. The van der Waals surface area contributed by atoms with Crippen LogP contribution in [0.2, 0.25) is 0 Å². The minimum Gasteiger partial charge on any atom is -0.506 e. The van der Waals surface area contributed by atoms with Crippen molar-refractivity contribution in [1.29, 1.82) is 0 Å². The first-order valence-electron chi connectivity index (χ1n) is 9.61. The van der Waals surface area contributed by atoms with Crippen LogP contribution in [0, 0.1) is 10.1 Å². The number of nitro groups is 1. The normalized spacial score (nSPS) is 10.5. The van der Waals surface area contributed by atoms with Gasteiger partial charge in [-0.25, -0.2) is 0 Å². The van der Waals surface area contributed by atoms with Crippen molar-refractivity contribution in [2.75, 3.05) is 10.6 Å². The number of nitro benzene ring substituents is 1. The summed E-state index contributed by atoms with van der Waals surface area (Å²) in [5.41, 5.74) is 0.265. The van der Waals surface area contributed by atoms with Gasteiger partial charge in [0.1, 0.15) is 11.3 Å². The molecule has 0 atom stereocenters. The van der Waals surface area contributed by atoms with E-state index in [0.29, 0.717) is 16.5 Å². The van der Waals surface area contributed by atoms with Gasteiger partial charge in [-0.15, -0.1) is 0 Å². The number of hydrogen-bond acceptors (Lipinski definition) is 5. The van der Waals surface area contributed by atoms with Crippen molar-refractivity contribution in [2.45, 2.75) is 0 Å². The van der Waals surface area contributed by atoms with Crippen LogP contribution in [0.4, 0.5) is 17.1 Å². The molecule has 0 spiro atoms. The van der Waals surface area contributed by atoms with Crippen LogP contribution in [-0.2, 0) is 0 Å². The number of benzene rings is 4. The molecule has 4 rings (SSSR count). The smallest absolute Gasteiger partial charge is 0.282 e. The monoisotopic (exact) mass is 427 g/mol. The number of rotatable bonds is 5. The van der Waals surface area contributed by atoms with E-state index in [-0.39, 0.29) is 28.3 Å². The molecule has 0 saturated carbocycles. The summed E-state index contributed by atoms with van der Waals surface area (Å²) in [7, 11) is 0. The van der Waals surface area contributed by atoms with Gasteiger partial charge < -0.3 is 15.7 Å². The number of phenolic OH excluding ortho intramolecular Hbond substituents is 1. The van der Waals surface area contributed by atoms with Crippen LogP contribution in [0.25, 0.3) is 10.8 Å². The second-order valence-electron chi connectivity index (χ2n) is 6.91. The number of phenols is 1. The van der Waals surface area contributed by atoms with Gasteiger partial charge in [0.2, 0.25) is 0 Å². The van der Waals surface area contributed by atoms with Crippen molar-refractivity contribution in [3.05, 3.63) is 106 Å². The van der Waals surface area contributed by atoms with E-state index in [1.54, 1.807) is 54.6 Å². The van der Waals surface area contributed by atoms with E-state index in [2.05, 4.69) is 10.6 Å². The molecule has 0 bridgehead atoms. The van der Waals surface area contributed by atoms with E-state index in [9.17, 15) is 24.8 Å². The van der Waals surface area contributed by atoms with Gasteiger partial charge in [-0.1, -0.05) is 54.6 Å². The Labute approximate surface area is 182 Å². The quantitative estimate of drug-likeness (QED) is 0.236. The summed E-state index contributed by atoms with van der Waals surface area (Å²) in [6, 6.07) is 22.3. The molecular formula is C24H17N3O5. The Balaban J connectivity index is 1.76. The number of para-hydroxylation sites is 2. The third kappa shape index (κ3) is 3.97. The highest BCUT2D eigenvalue weighted by Gasteiger charge is 2.22. The lowest BCUT2D eigenvalue weighted by atomic mass is 10.0. The summed E-state index contributed by atoms with van der Waals surface area (Å²) in [5, 5.41) is 28.2. The predicted molar refractivity (Wildman–Crippen MR) is 121 cm³/mol. The van der Waals surface area contributed by atoms with E-state index in [0.717, 1.165) is 0 Å². The molecule has 0 unspecified atom stereocenters. The van der Waals surface area contributed by atoms with E-state index >= 15 is 0 Å². The molecule has 4 aromatic carbocycles. The Morgan fingerprint density at radius 3 is 2.06 bits per heavy atom. The molecule has 0 aromatic heterocycles. The molecule has 0 aliphatic rings. The number of nitrogens with zero attached hydrogens (tertiary/aromatic N) is 1. The van der Waals surface area contributed by atoms with Gasteiger partial charge >= 0.3 is 0 Å². The molecule has 3 N–H and O–H groups in total.